The van der Waals surface area contributed by atoms with Crippen molar-refractivity contribution in [2.24, 2.45) is 0 Å². The molecule has 0 radical (unpaired) electrons. The number of hydrogen-bond donors (Lipinski definition) is 0. The zero-order valence-electron chi connectivity index (χ0n) is 12.3. The summed E-state index contributed by atoms with van der Waals surface area (Å²) in [6.45, 7) is 2.02. The van der Waals surface area contributed by atoms with Crippen molar-refractivity contribution in [3.63, 3.8) is 0 Å². The average molecular weight is 319 g/mol. The molecule has 0 unspecified atom stereocenters. The van der Waals surface area contributed by atoms with E-state index in [1.54, 1.807) is 24.3 Å². The summed E-state index contributed by atoms with van der Waals surface area (Å²) in [4.78, 5) is 12.2. The van der Waals surface area contributed by atoms with Gasteiger partial charge in [-0.3, -0.25) is 9.10 Å². The first kappa shape index (κ1) is 14.8. The molecule has 6 heteroatoms. The van der Waals surface area contributed by atoms with Crippen molar-refractivity contribution in [1.29, 1.82) is 0 Å². The van der Waals surface area contributed by atoms with Crippen LogP contribution in [0.5, 0.6) is 0 Å². The Morgan fingerprint density at radius 1 is 1.18 bits per heavy atom. The van der Waals surface area contributed by atoms with Crippen LogP contribution < -0.4 is 4.31 Å². The molecule has 1 heterocycles. The lowest BCUT2D eigenvalue weighted by Crippen LogP contribution is -2.33. The van der Waals surface area contributed by atoms with Gasteiger partial charge in [-0.2, -0.15) is 0 Å². The number of carbonyl (C=O) groups is 1. The van der Waals surface area contributed by atoms with Gasteiger partial charge in [0, 0.05) is 5.39 Å². The molecule has 1 aliphatic rings. The molecule has 0 saturated carbocycles. The van der Waals surface area contributed by atoms with E-state index < -0.39 is 16.0 Å². The van der Waals surface area contributed by atoms with Crippen molar-refractivity contribution in [2.75, 3.05) is 17.5 Å². The summed E-state index contributed by atoms with van der Waals surface area (Å²) >= 11 is 0. The molecule has 0 bridgehead atoms. The van der Waals surface area contributed by atoms with Crippen molar-refractivity contribution < 1.29 is 17.9 Å². The molecule has 0 fully saturated rings. The Kier molecular flexibility index (Phi) is 3.78. The van der Waals surface area contributed by atoms with Crippen molar-refractivity contribution in [2.45, 2.75) is 24.7 Å². The number of unbranched alkanes of at least 4 members (excludes halogenated alkanes) is 1. The van der Waals surface area contributed by atoms with Crippen molar-refractivity contribution in [3.8, 4) is 0 Å². The first-order valence-corrected chi connectivity index (χ1v) is 8.70. The van der Waals surface area contributed by atoms with Gasteiger partial charge < -0.3 is 4.74 Å². The number of nitrogens with zero attached hydrogens (tertiary/aromatic N) is 1. The fourth-order valence-electron chi connectivity index (χ4n) is 2.62. The van der Waals surface area contributed by atoms with Crippen molar-refractivity contribution >= 4 is 32.5 Å². The summed E-state index contributed by atoms with van der Waals surface area (Å²) < 4.78 is 31.5. The van der Waals surface area contributed by atoms with Crippen LogP contribution >= 0.6 is 0 Å². The normalized spacial score (nSPS) is 15.2. The van der Waals surface area contributed by atoms with Crippen LogP contribution in [0, 0.1) is 0 Å². The number of hydrogen-bond acceptors (Lipinski definition) is 4. The first-order valence-electron chi connectivity index (χ1n) is 7.26. The third-order valence-corrected chi connectivity index (χ3v) is 5.52. The van der Waals surface area contributed by atoms with Crippen LogP contribution in [-0.4, -0.2) is 27.5 Å². The molecule has 2 aromatic rings. The topological polar surface area (TPSA) is 63.7 Å². The number of ether oxygens (including phenoxy) is 1. The number of carbonyl (C=O) groups excluding carboxylic acids is 1. The Labute approximate surface area is 129 Å². The molecule has 3 rings (SSSR count). The number of sulfonamides is 1. The van der Waals surface area contributed by atoms with Crippen LogP contribution in [0.15, 0.2) is 41.3 Å². The smallest absolute Gasteiger partial charge is 0.326 e. The quantitative estimate of drug-likeness (QED) is 0.628. The molecule has 1 aliphatic heterocycles. The summed E-state index contributed by atoms with van der Waals surface area (Å²) in [6.07, 6.45) is 1.69. The highest BCUT2D eigenvalue weighted by Crippen LogP contribution is 2.41. The number of esters is 1. The predicted molar refractivity (Wildman–Crippen MR) is 84.3 cm³/mol. The fraction of sp³-hybridized carbons (Fsp3) is 0.312. The molecule has 0 amide bonds. The van der Waals surface area contributed by atoms with E-state index in [4.69, 9.17) is 4.74 Å². The highest BCUT2D eigenvalue weighted by Gasteiger charge is 2.36. The molecule has 0 spiro atoms. The van der Waals surface area contributed by atoms with Gasteiger partial charge in [-0.1, -0.05) is 37.6 Å². The molecule has 5 nitrogen and oxygen atoms in total. The third kappa shape index (κ3) is 2.33. The van der Waals surface area contributed by atoms with Crippen LogP contribution in [0.25, 0.3) is 10.8 Å². The van der Waals surface area contributed by atoms with Gasteiger partial charge in [0.1, 0.15) is 6.54 Å². The van der Waals surface area contributed by atoms with Gasteiger partial charge in [0.2, 0.25) is 0 Å². The Morgan fingerprint density at radius 3 is 2.64 bits per heavy atom. The Morgan fingerprint density at radius 2 is 1.91 bits per heavy atom. The second-order valence-corrected chi connectivity index (χ2v) is 7.05. The van der Waals surface area contributed by atoms with E-state index in [-0.39, 0.29) is 11.4 Å². The molecule has 2 aromatic carbocycles. The lowest BCUT2D eigenvalue weighted by atomic mass is 10.1. The molecule has 0 saturated heterocycles. The van der Waals surface area contributed by atoms with Crippen LogP contribution in [-0.2, 0) is 19.6 Å². The minimum absolute atomic E-state index is 0.252. The molecular formula is C16H17NO4S. The monoisotopic (exact) mass is 319 g/mol. The van der Waals surface area contributed by atoms with Gasteiger partial charge in [0.25, 0.3) is 10.0 Å². The lowest BCUT2D eigenvalue weighted by Gasteiger charge is -2.17. The van der Waals surface area contributed by atoms with E-state index in [2.05, 4.69) is 0 Å². The van der Waals surface area contributed by atoms with Crippen LogP contribution in [0.4, 0.5) is 5.69 Å². The summed E-state index contributed by atoms with van der Waals surface area (Å²) in [5.74, 6) is -0.526. The van der Waals surface area contributed by atoms with Gasteiger partial charge in [-0.15, -0.1) is 0 Å². The van der Waals surface area contributed by atoms with Gasteiger partial charge >= 0.3 is 5.97 Å². The Bertz CT molecular complexity index is 824. The third-order valence-electron chi connectivity index (χ3n) is 3.71. The molecule has 0 N–H and O–H groups in total. The number of rotatable bonds is 5. The maximum Gasteiger partial charge on any atom is 0.326 e. The highest BCUT2D eigenvalue weighted by molar-refractivity contribution is 7.93. The molecule has 22 heavy (non-hydrogen) atoms. The fourth-order valence-corrected chi connectivity index (χ4v) is 4.28. The Balaban J connectivity index is 1.94. The largest absolute Gasteiger partial charge is 0.464 e. The standard InChI is InChI=1S/C16H17NO4S/c1-2-3-10-21-15(18)11-17-13-8-4-6-12-7-5-9-14(16(12)13)22(17,19)20/h4-9H,2-3,10-11H2,1H3. The SMILES string of the molecule is CCCCOC(=O)CN1c2cccc3cccc(c23)S1(=O)=O. The predicted octanol–water partition coefficient (Wildman–Crippen LogP) is 2.69. The van der Waals surface area contributed by atoms with Crippen LogP contribution in [0.1, 0.15) is 19.8 Å². The zero-order chi connectivity index (χ0) is 15.7. The van der Waals surface area contributed by atoms with Gasteiger partial charge in [-0.05, 0) is 23.9 Å². The maximum absolute atomic E-state index is 12.6. The maximum atomic E-state index is 12.6. The summed E-state index contributed by atoms with van der Waals surface area (Å²) in [5.41, 5.74) is 0.542. The molecule has 0 aromatic heterocycles. The zero-order valence-corrected chi connectivity index (χ0v) is 13.1. The van der Waals surface area contributed by atoms with E-state index in [9.17, 15) is 13.2 Å². The van der Waals surface area contributed by atoms with E-state index in [1.807, 2.05) is 19.1 Å². The molecule has 0 aliphatic carbocycles. The van der Waals surface area contributed by atoms with E-state index >= 15 is 0 Å². The van der Waals surface area contributed by atoms with E-state index in [0.717, 1.165) is 22.5 Å². The summed E-state index contributed by atoms with van der Waals surface area (Å²) in [6, 6.07) is 10.5. The van der Waals surface area contributed by atoms with Gasteiger partial charge in [0.05, 0.1) is 17.2 Å². The van der Waals surface area contributed by atoms with Crippen molar-refractivity contribution in [3.05, 3.63) is 36.4 Å². The first-order chi connectivity index (χ1) is 10.6. The number of anilines is 1. The second kappa shape index (κ2) is 5.61. The highest BCUT2D eigenvalue weighted by atomic mass is 32.2. The van der Waals surface area contributed by atoms with Crippen molar-refractivity contribution in [1.82, 2.24) is 0 Å². The van der Waals surface area contributed by atoms with E-state index in [0.29, 0.717) is 17.7 Å². The van der Waals surface area contributed by atoms with E-state index in [1.165, 1.54) is 0 Å². The summed E-state index contributed by atoms with van der Waals surface area (Å²) in [7, 11) is -3.69. The molecule has 116 valence electrons. The minimum Gasteiger partial charge on any atom is -0.464 e. The van der Waals surface area contributed by atoms with Gasteiger partial charge in [0.15, 0.2) is 0 Å². The minimum atomic E-state index is -3.69. The van der Waals surface area contributed by atoms with Crippen LogP contribution in [0.3, 0.4) is 0 Å². The summed E-state index contributed by atoms with van der Waals surface area (Å²) in [5, 5.41) is 1.52. The lowest BCUT2D eigenvalue weighted by molar-refractivity contribution is -0.141. The Hall–Kier alpha value is -2.08. The molecular weight excluding hydrogens is 302 g/mol. The van der Waals surface area contributed by atoms with Crippen LogP contribution in [0.2, 0.25) is 0 Å². The second-order valence-electron chi connectivity index (χ2n) is 5.22. The average Bonchev–Trinajstić information content (AvgIpc) is 2.71. The van der Waals surface area contributed by atoms with Gasteiger partial charge in [-0.25, -0.2) is 8.42 Å². The molecule has 0 atom stereocenters. The number of benzene rings is 2.